The minimum Gasteiger partial charge on any atom is -0.462 e. The quantitative estimate of drug-likeness (QED) is 0.0261. The molecule has 0 saturated heterocycles. The van der Waals surface area contributed by atoms with E-state index in [9.17, 15) is 14.4 Å². The molecule has 0 aliphatic rings. The Bertz CT molecular complexity index is 1640. The van der Waals surface area contributed by atoms with Crippen LogP contribution in [0.2, 0.25) is 0 Å². The van der Waals surface area contributed by atoms with Crippen LogP contribution in [0.5, 0.6) is 0 Å². The predicted octanol–water partition coefficient (Wildman–Crippen LogP) is 24.2. The average Bonchev–Trinajstić information content (AvgIpc) is 3.47. The highest BCUT2D eigenvalue weighted by atomic mass is 16.6. The molecular formula is C76H130O6. The van der Waals surface area contributed by atoms with Crippen LogP contribution in [0.4, 0.5) is 0 Å². The third-order valence-electron chi connectivity index (χ3n) is 15.0. The first-order valence-corrected chi connectivity index (χ1v) is 34.9. The Hall–Kier alpha value is -3.93. The summed E-state index contributed by atoms with van der Waals surface area (Å²) >= 11 is 0. The Kier molecular flexibility index (Phi) is 66.2. The molecule has 0 bridgehead atoms. The van der Waals surface area contributed by atoms with E-state index >= 15 is 0 Å². The molecule has 0 aliphatic carbocycles. The maximum atomic E-state index is 12.9. The standard InChI is InChI=1S/C76H130O6/c1-4-7-10-13-16-19-22-24-26-28-30-32-34-35-36-37-38-39-40-41-43-44-46-48-50-52-54-57-60-63-66-69-75(78)81-72-73(71-80-74(77)68-65-62-59-56-21-18-15-12-9-6-3)82-76(79)70-67-64-61-58-55-53-51-49-47-45-42-33-31-29-27-25-23-20-17-14-11-8-5-2/h8,11-12,15,17,20,22,24-25,27-28,30-31,33-35,45,47,73H,4-7,9-10,13-14,16,18-19,21,23,26,29,32,36-44,46,48-72H2,1-3H3/b11-8-,15-12-,20-17-,24-22-,27-25-,30-28-,33-31-,35-34-,47-45-. The first-order valence-electron chi connectivity index (χ1n) is 34.9. The molecule has 0 fully saturated rings. The minimum atomic E-state index is -0.789. The van der Waals surface area contributed by atoms with E-state index < -0.39 is 6.10 Å². The van der Waals surface area contributed by atoms with Gasteiger partial charge in [0.1, 0.15) is 13.2 Å². The van der Waals surface area contributed by atoms with Crippen LogP contribution in [0.15, 0.2) is 109 Å². The van der Waals surface area contributed by atoms with Crippen LogP contribution in [0.3, 0.4) is 0 Å². The number of ether oxygens (including phenoxy) is 3. The van der Waals surface area contributed by atoms with Crippen molar-refractivity contribution in [3.63, 3.8) is 0 Å². The van der Waals surface area contributed by atoms with Crippen molar-refractivity contribution in [3.8, 4) is 0 Å². The van der Waals surface area contributed by atoms with Gasteiger partial charge in [-0.25, -0.2) is 0 Å². The fourth-order valence-corrected chi connectivity index (χ4v) is 9.78. The SMILES string of the molecule is CC/C=C\C/C=C\C/C=C\C/C=C\C/C=C\CCCCCCCCCC(=O)OC(COC(=O)CCCCCCC/C=C\CCC)COC(=O)CCCCCCCCCCCCCCCCCC/C=C\C/C=C\C/C=C\CCCCCCC. The molecule has 1 atom stereocenters. The van der Waals surface area contributed by atoms with Gasteiger partial charge in [-0.15, -0.1) is 0 Å². The predicted molar refractivity (Wildman–Crippen MR) is 357 cm³/mol. The van der Waals surface area contributed by atoms with Crippen LogP contribution in [-0.4, -0.2) is 37.2 Å². The number of allylic oxidation sites excluding steroid dienone is 18. The number of rotatable bonds is 63. The van der Waals surface area contributed by atoms with E-state index in [1.165, 1.54) is 173 Å². The van der Waals surface area contributed by atoms with E-state index in [1.54, 1.807) is 0 Å². The smallest absolute Gasteiger partial charge is 0.306 e. The lowest BCUT2D eigenvalue weighted by Crippen LogP contribution is -2.30. The van der Waals surface area contributed by atoms with Gasteiger partial charge in [0.15, 0.2) is 6.10 Å². The summed E-state index contributed by atoms with van der Waals surface area (Å²) in [6, 6.07) is 0. The van der Waals surface area contributed by atoms with Crippen LogP contribution in [0.1, 0.15) is 335 Å². The summed E-state index contributed by atoms with van der Waals surface area (Å²) < 4.78 is 16.9. The number of carbonyl (C=O) groups excluding carboxylic acids is 3. The van der Waals surface area contributed by atoms with E-state index in [4.69, 9.17) is 14.2 Å². The highest BCUT2D eigenvalue weighted by molar-refractivity contribution is 5.71. The van der Waals surface area contributed by atoms with Gasteiger partial charge in [-0.3, -0.25) is 14.4 Å². The summed E-state index contributed by atoms with van der Waals surface area (Å²) in [5.41, 5.74) is 0. The van der Waals surface area contributed by atoms with Gasteiger partial charge in [0, 0.05) is 19.3 Å². The second-order valence-electron chi connectivity index (χ2n) is 23.1. The Labute approximate surface area is 508 Å². The summed E-state index contributed by atoms with van der Waals surface area (Å²) in [6.45, 7) is 6.46. The zero-order valence-electron chi connectivity index (χ0n) is 54.0. The third kappa shape index (κ3) is 66.9. The van der Waals surface area contributed by atoms with Crippen molar-refractivity contribution in [1.82, 2.24) is 0 Å². The monoisotopic (exact) mass is 1140 g/mol. The van der Waals surface area contributed by atoms with E-state index in [-0.39, 0.29) is 31.1 Å². The van der Waals surface area contributed by atoms with Crippen molar-refractivity contribution >= 4 is 17.9 Å². The van der Waals surface area contributed by atoms with Gasteiger partial charge in [-0.05, 0) is 122 Å². The van der Waals surface area contributed by atoms with E-state index in [2.05, 4.69) is 130 Å². The molecule has 1 unspecified atom stereocenters. The van der Waals surface area contributed by atoms with Crippen LogP contribution in [0, 0.1) is 0 Å². The summed E-state index contributed by atoms with van der Waals surface area (Å²) in [7, 11) is 0. The van der Waals surface area contributed by atoms with Crippen molar-refractivity contribution in [2.75, 3.05) is 13.2 Å². The zero-order chi connectivity index (χ0) is 59.2. The molecule has 0 heterocycles. The molecule has 0 N–H and O–H groups in total. The van der Waals surface area contributed by atoms with Crippen molar-refractivity contribution in [2.45, 2.75) is 341 Å². The molecule has 0 spiro atoms. The fourth-order valence-electron chi connectivity index (χ4n) is 9.78. The highest BCUT2D eigenvalue weighted by Crippen LogP contribution is 2.17. The number of hydrogen-bond donors (Lipinski definition) is 0. The number of carbonyl (C=O) groups is 3. The van der Waals surface area contributed by atoms with Crippen molar-refractivity contribution < 1.29 is 28.6 Å². The van der Waals surface area contributed by atoms with E-state index in [1.807, 2.05) is 0 Å². The lowest BCUT2D eigenvalue weighted by Gasteiger charge is -2.18. The summed E-state index contributed by atoms with van der Waals surface area (Å²) in [5.74, 6) is -0.897. The molecule has 6 heteroatoms. The Balaban J connectivity index is 4.19. The lowest BCUT2D eigenvalue weighted by molar-refractivity contribution is -0.167. The maximum Gasteiger partial charge on any atom is 0.306 e. The van der Waals surface area contributed by atoms with E-state index in [0.29, 0.717) is 19.3 Å². The largest absolute Gasteiger partial charge is 0.462 e. The van der Waals surface area contributed by atoms with Crippen LogP contribution < -0.4 is 0 Å². The second kappa shape index (κ2) is 69.6. The summed E-state index contributed by atoms with van der Waals surface area (Å²) in [6.07, 6.45) is 95.5. The Morgan fingerprint density at radius 3 is 0.805 bits per heavy atom. The van der Waals surface area contributed by atoms with Crippen LogP contribution >= 0.6 is 0 Å². The topological polar surface area (TPSA) is 78.9 Å². The Morgan fingerprint density at radius 1 is 0.256 bits per heavy atom. The molecule has 0 aromatic carbocycles. The van der Waals surface area contributed by atoms with Gasteiger partial charge in [-0.2, -0.15) is 0 Å². The van der Waals surface area contributed by atoms with Gasteiger partial charge in [0.05, 0.1) is 0 Å². The maximum absolute atomic E-state index is 12.9. The summed E-state index contributed by atoms with van der Waals surface area (Å²) in [5, 5.41) is 0. The van der Waals surface area contributed by atoms with Crippen molar-refractivity contribution in [1.29, 1.82) is 0 Å². The second-order valence-corrected chi connectivity index (χ2v) is 23.1. The van der Waals surface area contributed by atoms with E-state index in [0.717, 1.165) is 122 Å². The first-order chi connectivity index (χ1) is 40.5. The van der Waals surface area contributed by atoms with Gasteiger partial charge < -0.3 is 14.2 Å². The van der Waals surface area contributed by atoms with Gasteiger partial charge >= 0.3 is 17.9 Å². The number of esters is 3. The van der Waals surface area contributed by atoms with Crippen molar-refractivity contribution in [3.05, 3.63) is 109 Å². The average molecular weight is 1140 g/mol. The molecule has 470 valence electrons. The number of hydrogen-bond acceptors (Lipinski definition) is 6. The van der Waals surface area contributed by atoms with Crippen LogP contribution in [0.25, 0.3) is 0 Å². The molecule has 0 aromatic heterocycles. The lowest BCUT2D eigenvalue weighted by atomic mass is 10.0. The van der Waals surface area contributed by atoms with Gasteiger partial charge in [-0.1, -0.05) is 304 Å². The van der Waals surface area contributed by atoms with Gasteiger partial charge in [0.25, 0.3) is 0 Å². The fraction of sp³-hybridized carbons (Fsp3) is 0.724. The molecule has 0 aromatic rings. The van der Waals surface area contributed by atoms with Crippen molar-refractivity contribution in [2.24, 2.45) is 0 Å². The molecule has 82 heavy (non-hydrogen) atoms. The van der Waals surface area contributed by atoms with Gasteiger partial charge in [0.2, 0.25) is 0 Å². The Morgan fingerprint density at radius 2 is 0.500 bits per heavy atom. The zero-order valence-corrected chi connectivity index (χ0v) is 54.0. The molecule has 0 amide bonds. The minimum absolute atomic E-state index is 0.0843. The van der Waals surface area contributed by atoms with Crippen LogP contribution in [-0.2, 0) is 28.6 Å². The highest BCUT2D eigenvalue weighted by Gasteiger charge is 2.19. The molecule has 0 rings (SSSR count). The molecule has 0 saturated carbocycles. The summed E-state index contributed by atoms with van der Waals surface area (Å²) in [4.78, 5) is 38.3. The first kappa shape index (κ1) is 78.1. The molecule has 0 radical (unpaired) electrons. The normalized spacial score (nSPS) is 12.8. The third-order valence-corrected chi connectivity index (χ3v) is 15.0. The number of unbranched alkanes of at least 4 members (excludes halogenated alkanes) is 34. The molecular weight excluding hydrogens is 1010 g/mol. The molecule has 0 aliphatic heterocycles. The molecule has 6 nitrogen and oxygen atoms in total.